The Morgan fingerprint density at radius 1 is 1.00 bits per heavy atom. The Morgan fingerprint density at radius 3 is 1.86 bits per heavy atom. The van der Waals surface area contributed by atoms with Gasteiger partial charge in [-0.05, 0) is 0 Å². The van der Waals surface area contributed by atoms with Gasteiger partial charge in [-0.2, -0.15) is 0 Å². The lowest BCUT2D eigenvalue weighted by Crippen LogP contribution is -2.52. The molecule has 1 heterocycles. The van der Waals surface area contributed by atoms with E-state index in [9.17, 15) is 0 Å². The molecule has 0 aromatic carbocycles. The van der Waals surface area contributed by atoms with E-state index in [0.717, 1.165) is 0 Å². The lowest BCUT2D eigenvalue weighted by Gasteiger charge is -2.31. The third-order valence-corrected chi connectivity index (χ3v) is 1.53. The Hall–Kier alpha value is -0.860. The first-order valence-corrected chi connectivity index (χ1v) is 3.77. The van der Waals surface area contributed by atoms with Crippen LogP contribution in [0.4, 0.5) is 0 Å². The van der Waals surface area contributed by atoms with E-state index < -0.39 is 24.6 Å². The van der Waals surface area contributed by atoms with Crippen molar-refractivity contribution in [3.63, 3.8) is 0 Å². The molecular formula is C7H12O7. The predicted molar refractivity (Wildman–Crippen MR) is 42.1 cm³/mol. The van der Waals surface area contributed by atoms with Gasteiger partial charge in [0.15, 0.2) is 18.9 Å². The van der Waals surface area contributed by atoms with Crippen LogP contribution < -0.4 is 0 Å². The summed E-state index contributed by atoms with van der Waals surface area (Å²) in [5, 5.41) is 35.3. The fraction of sp³-hybridized carbons (Fsp3) is 0.714. The molecule has 14 heavy (non-hydrogen) atoms. The molecule has 1 saturated heterocycles. The van der Waals surface area contributed by atoms with Crippen LogP contribution in [0.3, 0.4) is 0 Å². The Bertz CT molecular complexity index is 163. The van der Waals surface area contributed by atoms with Crippen LogP contribution in [0.2, 0.25) is 0 Å². The fourth-order valence-corrected chi connectivity index (χ4v) is 0.791. The highest BCUT2D eigenvalue weighted by Crippen LogP contribution is 2.12. The van der Waals surface area contributed by atoms with Gasteiger partial charge in [0.25, 0.3) is 0 Å². The molecule has 7 nitrogen and oxygen atoms in total. The number of carbonyl (C=O) groups excluding carboxylic acids is 2. The largest absolute Gasteiger partial charge is 0.388 e. The quantitative estimate of drug-likeness (QED) is 0.264. The molecule has 82 valence electrons. The first-order valence-electron chi connectivity index (χ1n) is 3.77. The van der Waals surface area contributed by atoms with E-state index in [-0.39, 0.29) is 19.2 Å². The summed E-state index contributed by atoms with van der Waals surface area (Å²) >= 11 is 0. The second-order valence-electron chi connectivity index (χ2n) is 2.54. The number of aliphatic hydroxyl groups excluding tert-OH is 4. The van der Waals surface area contributed by atoms with Crippen LogP contribution in [0.15, 0.2) is 0 Å². The average Bonchev–Trinajstić information content (AvgIpc) is 2.21. The van der Waals surface area contributed by atoms with Gasteiger partial charge < -0.3 is 25.2 Å². The van der Waals surface area contributed by atoms with E-state index >= 15 is 0 Å². The van der Waals surface area contributed by atoms with Crippen molar-refractivity contribution in [1.29, 1.82) is 0 Å². The van der Waals surface area contributed by atoms with Crippen molar-refractivity contribution in [2.75, 3.05) is 6.61 Å². The first kappa shape index (κ1) is 13.1. The summed E-state index contributed by atoms with van der Waals surface area (Å²) in [4.78, 5) is 17.6. The molecule has 1 aliphatic rings. The van der Waals surface area contributed by atoms with Crippen molar-refractivity contribution < 1.29 is 34.8 Å². The van der Waals surface area contributed by atoms with Crippen LogP contribution in [-0.2, 0) is 14.3 Å². The molecule has 4 atom stereocenters. The first-order chi connectivity index (χ1) is 6.54. The number of aliphatic hydroxyl groups is 4. The Labute approximate surface area is 79.5 Å². The maximum atomic E-state index is 8.88. The number of aldehydes is 2. The minimum Gasteiger partial charge on any atom is -0.388 e. The SMILES string of the molecule is O=CC=O.OC1OC[C@@H](O)[C@H](O)[C@H]1O. The monoisotopic (exact) mass is 208 g/mol. The van der Waals surface area contributed by atoms with Gasteiger partial charge in [-0.15, -0.1) is 0 Å². The van der Waals surface area contributed by atoms with E-state index in [0.29, 0.717) is 0 Å². The molecule has 0 saturated carbocycles. The van der Waals surface area contributed by atoms with E-state index in [4.69, 9.17) is 30.0 Å². The van der Waals surface area contributed by atoms with Crippen LogP contribution >= 0.6 is 0 Å². The highest BCUT2D eigenvalue weighted by Gasteiger charge is 2.36. The summed E-state index contributed by atoms with van der Waals surface area (Å²) < 4.78 is 4.47. The molecule has 0 aliphatic carbocycles. The zero-order valence-corrected chi connectivity index (χ0v) is 7.18. The second-order valence-corrected chi connectivity index (χ2v) is 2.54. The molecule has 0 aromatic rings. The average molecular weight is 208 g/mol. The lowest BCUT2D eigenvalue weighted by molar-refractivity contribution is -0.252. The third kappa shape index (κ3) is 3.90. The smallest absolute Gasteiger partial charge is 0.183 e. The van der Waals surface area contributed by atoms with Gasteiger partial charge in [-0.3, -0.25) is 9.59 Å². The van der Waals surface area contributed by atoms with Crippen LogP contribution in [0.5, 0.6) is 0 Å². The van der Waals surface area contributed by atoms with Gasteiger partial charge in [0, 0.05) is 0 Å². The zero-order valence-electron chi connectivity index (χ0n) is 7.18. The molecule has 1 aliphatic heterocycles. The highest BCUT2D eigenvalue weighted by molar-refractivity contribution is 6.09. The molecule has 0 bridgehead atoms. The Balaban J connectivity index is 0.000000364. The van der Waals surface area contributed by atoms with E-state index in [2.05, 4.69) is 4.74 Å². The van der Waals surface area contributed by atoms with Gasteiger partial charge in [-0.1, -0.05) is 0 Å². The highest BCUT2D eigenvalue weighted by atomic mass is 16.6. The Morgan fingerprint density at radius 2 is 1.50 bits per heavy atom. The summed E-state index contributed by atoms with van der Waals surface area (Å²) in [6, 6.07) is 0. The topological polar surface area (TPSA) is 124 Å². The minimum atomic E-state index is -1.41. The summed E-state index contributed by atoms with van der Waals surface area (Å²) in [5.41, 5.74) is 0. The van der Waals surface area contributed by atoms with E-state index in [1.165, 1.54) is 0 Å². The van der Waals surface area contributed by atoms with Crippen molar-refractivity contribution in [3.8, 4) is 0 Å². The van der Waals surface area contributed by atoms with Crippen molar-refractivity contribution >= 4 is 12.6 Å². The summed E-state index contributed by atoms with van der Waals surface area (Å²) in [6.07, 6.45) is -4.84. The predicted octanol–water partition coefficient (Wildman–Crippen LogP) is -3.20. The summed E-state index contributed by atoms with van der Waals surface area (Å²) in [6.45, 7) is -0.153. The van der Waals surface area contributed by atoms with Crippen LogP contribution in [0.1, 0.15) is 0 Å². The number of rotatable bonds is 1. The standard InChI is InChI=1S/C5H10O5.C2H2O2/c6-2-1-10-5(9)4(8)3(2)7;3-1-2-4/h2-9H,1H2;1-2H/t2-,3+,4-,5?;/m1./s1. The number of ether oxygens (including phenoxy) is 1. The van der Waals surface area contributed by atoms with E-state index in [1.807, 2.05) is 0 Å². The Kier molecular flexibility index (Phi) is 6.17. The van der Waals surface area contributed by atoms with Crippen LogP contribution in [0, 0.1) is 0 Å². The van der Waals surface area contributed by atoms with Crippen molar-refractivity contribution in [2.45, 2.75) is 24.6 Å². The molecule has 1 fully saturated rings. The molecule has 0 amide bonds. The van der Waals surface area contributed by atoms with Gasteiger partial charge in [-0.25, -0.2) is 0 Å². The number of carbonyl (C=O) groups is 2. The number of hydrogen-bond donors (Lipinski definition) is 4. The molecule has 0 radical (unpaired) electrons. The molecule has 1 unspecified atom stereocenters. The second kappa shape index (κ2) is 6.57. The zero-order chi connectivity index (χ0) is 11.1. The molecule has 0 spiro atoms. The number of hydrogen-bond acceptors (Lipinski definition) is 7. The fourth-order valence-electron chi connectivity index (χ4n) is 0.791. The van der Waals surface area contributed by atoms with Crippen LogP contribution in [0.25, 0.3) is 0 Å². The van der Waals surface area contributed by atoms with Crippen molar-refractivity contribution in [3.05, 3.63) is 0 Å². The van der Waals surface area contributed by atoms with E-state index in [1.54, 1.807) is 0 Å². The lowest BCUT2D eigenvalue weighted by atomic mass is 10.1. The van der Waals surface area contributed by atoms with Crippen LogP contribution in [-0.4, -0.2) is 64.2 Å². The molecule has 7 heteroatoms. The normalized spacial score (nSPS) is 36.6. The molecule has 0 aromatic heterocycles. The van der Waals surface area contributed by atoms with Crippen molar-refractivity contribution in [2.24, 2.45) is 0 Å². The molecule has 1 rings (SSSR count). The summed E-state index contributed by atoms with van der Waals surface area (Å²) in [5.74, 6) is 0. The van der Waals surface area contributed by atoms with Crippen molar-refractivity contribution in [1.82, 2.24) is 0 Å². The van der Waals surface area contributed by atoms with Gasteiger partial charge in [0.2, 0.25) is 0 Å². The van der Waals surface area contributed by atoms with Gasteiger partial charge in [0.05, 0.1) is 6.61 Å². The minimum absolute atomic E-state index is 0.153. The molecule has 4 N–H and O–H groups in total. The molecular weight excluding hydrogens is 196 g/mol. The maximum absolute atomic E-state index is 8.88. The summed E-state index contributed by atoms with van der Waals surface area (Å²) in [7, 11) is 0. The van der Waals surface area contributed by atoms with Gasteiger partial charge in [0.1, 0.15) is 18.3 Å². The van der Waals surface area contributed by atoms with Gasteiger partial charge >= 0.3 is 0 Å². The maximum Gasteiger partial charge on any atom is 0.183 e. The third-order valence-electron chi connectivity index (χ3n) is 1.53.